The van der Waals surface area contributed by atoms with Crippen molar-refractivity contribution in [3.05, 3.63) is 12.2 Å². The van der Waals surface area contributed by atoms with Gasteiger partial charge < -0.3 is 9.64 Å². The number of amides is 2. The predicted octanol–water partition coefficient (Wildman–Crippen LogP) is 6.60. The summed E-state index contributed by atoms with van der Waals surface area (Å²) in [5.41, 5.74) is 0. The Morgan fingerprint density at radius 2 is 1.19 bits per heavy atom. The van der Waals surface area contributed by atoms with Gasteiger partial charge in [0.05, 0.1) is 18.4 Å². The quantitative estimate of drug-likeness (QED) is 0.0641. The van der Waals surface area contributed by atoms with Crippen molar-refractivity contribution in [2.75, 3.05) is 45.8 Å². The van der Waals surface area contributed by atoms with Crippen molar-refractivity contribution in [1.82, 2.24) is 14.7 Å². The lowest BCUT2D eigenvalue weighted by molar-refractivity contribution is -0.155. The van der Waals surface area contributed by atoms with Gasteiger partial charge in [-0.3, -0.25) is 24.2 Å². The molecule has 0 aromatic rings. The van der Waals surface area contributed by atoms with Gasteiger partial charge in [-0.2, -0.15) is 0 Å². The number of allylic oxidation sites excluding steroid dienone is 2. The van der Waals surface area contributed by atoms with E-state index in [1.807, 2.05) is 0 Å². The second-order valence-electron chi connectivity index (χ2n) is 13.9. The van der Waals surface area contributed by atoms with Crippen molar-refractivity contribution in [3.63, 3.8) is 0 Å². The van der Waals surface area contributed by atoms with Gasteiger partial charge >= 0.3 is 5.97 Å². The van der Waals surface area contributed by atoms with E-state index in [0.717, 1.165) is 64.8 Å². The maximum Gasteiger partial charge on any atom is 0.306 e. The first-order chi connectivity index (χ1) is 21.0. The second kappa shape index (κ2) is 18.3. The third kappa shape index (κ3) is 10.1. The summed E-state index contributed by atoms with van der Waals surface area (Å²) in [5.74, 6) is -0.332. The molecule has 7 heteroatoms. The molecule has 2 heterocycles. The van der Waals surface area contributed by atoms with Gasteiger partial charge in [0, 0.05) is 39.1 Å². The van der Waals surface area contributed by atoms with E-state index in [-0.39, 0.29) is 48.0 Å². The fourth-order valence-corrected chi connectivity index (χ4v) is 7.98. The highest BCUT2D eigenvalue weighted by atomic mass is 16.5. The Labute approximate surface area is 262 Å². The summed E-state index contributed by atoms with van der Waals surface area (Å²) in [7, 11) is 0. The number of ether oxygens (including phenoxy) is 1. The minimum Gasteiger partial charge on any atom is -0.459 e. The number of piperazine rings is 1. The van der Waals surface area contributed by atoms with Crippen LogP contribution in [-0.2, 0) is 19.1 Å². The number of hydrogen-bond donors (Lipinski definition) is 0. The van der Waals surface area contributed by atoms with Gasteiger partial charge in [0.25, 0.3) is 0 Å². The fourth-order valence-electron chi connectivity index (χ4n) is 7.98. The van der Waals surface area contributed by atoms with E-state index in [9.17, 15) is 14.4 Å². The van der Waals surface area contributed by atoms with Crippen LogP contribution in [0.1, 0.15) is 123 Å². The van der Waals surface area contributed by atoms with Crippen LogP contribution in [0.15, 0.2) is 12.2 Å². The molecule has 0 spiro atoms. The number of hydrogen-bond acceptors (Lipinski definition) is 6. The van der Waals surface area contributed by atoms with Crippen LogP contribution in [0.5, 0.6) is 0 Å². The minimum atomic E-state index is -0.467. The third-order valence-corrected chi connectivity index (χ3v) is 10.5. The zero-order valence-corrected chi connectivity index (χ0v) is 27.5. The summed E-state index contributed by atoms with van der Waals surface area (Å²) in [5, 5.41) is 0. The molecule has 2 saturated heterocycles. The van der Waals surface area contributed by atoms with Crippen molar-refractivity contribution in [2.24, 2.45) is 23.7 Å². The zero-order chi connectivity index (χ0) is 30.4. The number of likely N-dealkylation sites (tertiary alicyclic amines) is 1. The molecule has 2 aliphatic heterocycles. The fraction of sp³-hybridized carbons (Fsp3) is 0.861. The first kappa shape index (κ1) is 34.1. The topological polar surface area (TPSA) is 70.2 Å². The molecular weight excluding hydrogens is 538 g/mol. The molecule has 43 heavy (non-hydrogen) atoms. The van der Waals surface area contributed by atoms with Crippen molar-refractivity contribution in [2.45, 2.75) is 129 Å². The second-order valence-corrected chi connectivity index (χ2v) is 13.9. The highest BCUT2D eigenvalue weighted by Crippen LogP contribution is 2.49. The van der Waals surface area contributed by atoms with Crippen LogP contribution >= 0.6 is 0 Å². The average Bonchev–Trinajstić information content (AvgIpc) is 3.28. The molecule has 3 aliphatic carbocycles. The lowest BCUT2D eigenvalue weighted by atomic mass is 9.63. The van der Waals surface area contributed by atoms with Gasteiger partial charge in [-0.05, 0) is 44.1 Å². The summed E-state index contributed by atoms with van der Waals surface area (Å²) >= 11 is 0. The van der Waals surface area contributed by atoms with E-state index in [1.165, 1.54) is 75.5 Å². The smallest absolute Gasteiger partial charge is 0.306 e. The number of fused-ring (bicyclic) bond motifs is 1. The molecule has 0 aromatic heterocycles. The Morgan fingerprint density at radius 1 is 0.698 bits per heavy atom. The zero-order valence-electron chi connectivity index (χ0n) is 27.5. The van der Waals surface area contributed by atoms with Crippen molar-refractivity contribution >= 4 is 17.8 Å². The van der Waals surface area contributed by atoms with Crippen LogP contribution in [0.4, 0.5) is 0 Å². The Balaban J connectivity index is 1.19. The van der Waals surface area contributed by atoms with Gasteiger partial charge in [-0.25, -0.2) is 0 Å². The van der Waals surface area contributed by atoms with Crippen molar-refractivity contribution < 1.29 is 19.1 Å². The molecule has 0 aromatic carbocycles. The van der Waals surface area contributed by atoms with Gasteiger partial charge in [-0.15, -0.1) is 0 Å². The molecule has 5 atom stereocenters. The first-order valence-corrected chi connectivity index (χ1v) is 18.2. The largest absolute Gasteiger partial charge is 0.459 e. The Bertz CT molecular complexity index is 867. The summed E-state index contributed by atoms with van der Waals surface area (Å²) in [6.07, 6.45) is 23.9. The molecule has 0 radical (unpaired) electrons. The van der Waals surface area contributed by atoms with E-state index in [4.69, 9.17) is 4.74 Å². The predicted molar refractivity (Wildman–Crippen MR) is 172 cm³/mol. The molecular formula is C36H61N3O4. The maximum atomic E-state index is 13.5. The molecule has 5 unspecified atom stereocenters. The molecule has 2 amide bonds. The summed E-state index contributed by atoms with van der Waals surface area (Å²) < 4.78 is 6.06. The summed E-state index contributed by atoms with van der Waals surface area (Å²) in [6, 6.07) is 0. The van der Waals surface area contributed by atoms with Crippen molar-refractivity contribution in [1.29, 1.82) is 0 Å². The Hall–Kier alpha value is -1.73. The first-order valence-electron chi connectivity index (χ1n) is 18.2. The van der Waals surface area contributed by atoms with E-state index in [1.54, 1.807) is 0 Å². The van der Waals surface area contributed by atoms with Crippen LogP contribution in [0, 0.1) is 23.7 Å². The van der Waals surface area contributed by atoms with Gasteiger partial charge in [0.2, 0.25) is 11.8 Å². The van der Waals surface area contributed by atoms with Gasteiger partial charge in [-0.1, -0.05) is 103 Å². The molecule has 7 nitrogen and oxygen atoms in total. The molecule has 1 saturated carbocycles. The number of nitrogens with zero attached hydrogens (tertiary/aromatic N) is 3. The number of rotatable bonds is 21. The highest BCUT2D eigenvalue weighted by Gasteiger charge is 2.56. The normalized spacial score (nSPS) is 26.3. The summed E-state index contributed by atoms with van der Waals surface area (Å²) in [4.78, 5) is 46.3. The maximum absolute atomic E-state index is 13.5. The van der Waals surface area contributed by atoms with Crippen LogP contribution in [0.3, 0.4) is 0 Å². The van der Waals surface area contributed by atoms with Crippen LogP contribution in [0.25, 0.3) is 0 Å². The lowest BCUT2D eigenvalue weighted by Crippen LogP contribution is -2.51. The number of carbonyl (C=O) groups excluding carboxylic acids is 3. The van der Waals surface area contributed by atoms with Gasteiger partial charge in [0.1, 0.15) is 6.10 Å². The van der Waals surface area contributed by atoms with Crippen molar-refractivity contribution in [3.8, 4) is 0 Å². The molecule has 244 valence electrons. The molecule has 5 aliphatic rings. The molecule has 3 fully saturated rings. The third-order valence-electron chi connectivity index (χ3n) is 10.5. The van der Waals surface area contributed by atoms with Crippen LogP contribution in [-0.4, -0.2) is 84.4 Å². The lowest BCUT2D eigenvalue weighted by Gasteiger charge is -2.38. The Kier molecular flexibility index (Phi) is 14.5. The van der Waals surface area contributed by atoms with Crippen LogP contribution in [0.2, 0.25) is 0 Å². The summed E-state index contributed by atoms with van der Waals surface area (Å²) in [6.45, 7) is 10.2. The van der Waals surface area contributed by atoms with Gasteiger partial charge in [0.15, 0.2) is 0 Å². The Morgan fingerprint density at radius 3 is 1.67 bits per heavy atom. The molecule has 0 N–H and O–H groups in total. The SMILES string of the molecule is CCCCCCCCCCCCCCCC(=O)OC(CN1CCN(CCC)CC1)CN1C(=O)C2C3C=CC(CC3)C2C1=O. The van der Waals surface area contributed by atoms with E-state index in [0.29, 0.717) is 13.0 Å². The number of imide groups is 1. The van der Waals surface area contributed by atoms with E-state index < -0.39 is 6.10 Å². The van der Waals surface area contributed by atoms with Crippen LogP contribution < -0.4 is 0 Å². The number of esters is 1. The number of carbonyl (C=O) groups is 3. The van der Waals surface area contributed by atoms with E-state index >= 15 is 0 Å². The monoisotopic (exact) mass is 599 g/mol. The average molecular weight is 600 g/mol. The number of unbranched alkanes of at least 4 members (excludes halogenated alkanes) is 12. The van der Waals surface area contributed by atoms with E-state index in [2.05, 4.69) is 35.8 Å². The molecule has 2 bridgehead atoms. The standard InChI is InChI=1S/C36H61N3O4/c1-3-5-6-7-8-9-10-11-12-13-14-15-16-17-32(40)43-31(27-38-25-23-37(22-4-2)24-26-38)28-39-35(41)33-29-18-19-30(21-20-29)34(33)36(39)42/h18-19,29-31,33-34H,3-17,20-28H2,1-2H3. The minimum absolute atomic E-state index is 0.0423. The molecule has 5 rings (SSSR count). The highest BCUT2D eigenvalue weighted by molar-refractivity contribution is 6.06.